The summed E-state index contributed by atoms with van der Waals surface area (Å²) < 4.78 is 0. The van der Waals surface area contributed by atoms with Crippen molar-refractivity contribution in [3.63, 3.8) is 0 Å². The van der Waals surface area contributed by atoms with Crippen LogP contribution in [0.5, 0.6) is 0 Å². The van der Waals surface area contributed by atoms with Crippen LogP contribution in [-0.4, -0.2) is 18.0 Å². The van der Waals surface area contributed by atoms with Gasteiger partial charge < -0.3 is 11.1 Å². The largest absolute Gasteiger partial charge is 0.344 e. The third kappa shape index (κ3) is 1.77. The van der Waals surface area contributed by atoms with E-state index in [1.54, 1.807) is 6.92 Å². The molecular formula is C9H14N2O. The van der Waals surface area contributed by atoms with Gasteiger partial charge in [0.05, 0.1) is 12.1 Å². The van der Waals surface area contributed by atoms with E-state index in [0.717, 1.165) is 19.3 Å². The second kappa shape index (κ2) is 3.59. The molecule has 0 atom stereocenters. The van der Waals surface area contributed by atoms with Gasteiger partial charge in [0, 0.05) is 0 Å². The Balaban J connectivity index is 2.31. The monoisotopic (exact) mass is 166 g/mol. The molecule has 1 fully saturated rings. The second-order valence-electron chi connectivity index (χ2n) is 3.12. The zero-order valence-corrected chi connectivity index (χ0v) is 7.31. The van der Waals surface area contributed by atoms with E-state index in [0.29, 0.717) is 6.54 Å². The van der Waals surface area contributed by atoms with Crippen LogP contribution in [0, 0.1) is 11.8 Å². The molecule has 0 spiro atoms. The van der Waals surface area contributed by atoms with Gasteiger partial charge in [0.2, 0.25) is 5.91 Å². The van der Waals surface area contributed by atoms with Crippen molar-refractivity contribution in [1.29, 1.82) is 0 Å². The fraction of sp³-hybridized carbons (Fsp3) is 0.667. The molecule has 0 saturated heterocycles. The predicted octanol–water partition coefficient (Wildman–Crippen LogP) is 0.00730. The van der Waals surface area contributed by atoms with Crippen molar-refractivity contribution in [3.05, 3.63) is 0 Å². The first kappa shape index (κ1) is 9.08. The van der Waals surface area contributed by atoms with E-state index in [-0.39, 0.29) is 5.91 Å². The zero-order valence-electron chi connectivity index (χ0n) is 7.31. The molecule has 1 saturated carbocycles. The molecule has 0 heterocycles. The van der Waals surface area contributed by atoms with Crippen molar-refractivity contribution in [2.45, 2.75) is 31.7 Å². The van der Waals surface area contributed by atoms with E-state index in [9.17, 15) is 4.79 Å². The molecule has 0 unspecified atom stereocenters. The molecule has 1 rings (SSSR count). The van der Waals surface area contributed by atoms with Crippen molar-refractivity contribution < 1.29 is 4.79 Å². The first-order valence-corrected chi connectivity index (χ1v) is 4.16. The molecule has 0 aromatic heterocycles. The Hall–Kier alpha value is -1.01. The first-order valence-electron chi connectivity index (χ1n) is 4.16. The molecule has 3 heteroatoms. The Morgan fingerprint density at radius 3 is 2.75 bits per heavy atom. The Bertz CT molecular complexity index is 233. The Kier molecular flexibility index (Phi) is 2.72. The minimum absolute atomic E-state index is 0.0588. The van der Waals surface area contributed by atoms with Crippen LogP contribution >= 0.6 is 0 Å². The Labute approximate surface area is 72.7 Å². The maximum absolute atomic E-state index is 11.3. The van der Waals surface area contributed by atoms with Crippen LogP contribution in [0.25, 0.3) is 0 Å². The molecular weight excluding hydrogens is 152 g/mol. The van der Waals surface area contributed by atoms with Crippen LogP contribution in [0.4, 0.5) is 0 Å². The van der Waals surface area contributed by atoms with E-state index in [4.69, 9.17) is 5.73 Å². The number of carbonyl (C=O) groups excluding carboxylic acids is 1. The highest BCUT2D eigenvalue weighted by Crippen LogP contribution is 2.28. The lowest BCUT2D eigenvalue weighted by atomic mass is 9.77. The predicted molar refractivity (Wildman–Crippen MR) is 47.2 cm³/mol. The lowest BCUT2D eigenvalue weighted by molar-refractivity contribution is -0.128. The molecule has 66 valence electrons. The minimum atomic E-state index is -0.588. The standard InChI is InChI=1S/C9H14N2O/c1-2-3-7-11-8(12)9(10)5-4-6-9/h4-7,10H2,1H3,(H,11,12). The Morgan fingerprint density at radius 2 is 2.33 bits per heavy atom. The minimum Gasteiger partial charge on any atom is -0.344 e. The molecule has 0 aromatic rings. The molecule has 1 aliphatic rings. The van der Waals surface area contributed by atoms with Gasteiger partial charge in [0.1, 0.15) is 0 Å². The van der Waals surface area contributed by atoms with E-state index in [1.165, 1.54) is 0 Å². The van der Waals surface area contributed by atoms with Crippen LogP contribution in [0.2, 0.25) is 0 Å². The maximum atomic E-state index is 11.3. The fourth-order valence-electron chi connectivity index (χ4n) is 1.17. The lowest BCUT2D eigenvalue weighted by Crippen LogP contribution is -2.58. The summed E-state index contributed by atoms with van der Waals surface area (Å²) in [7, 11) is 0. The quantitative estimate of drug-likeness (QED) is 0.568. The average molecular weight is 166 g/mol. The molecule has 0 aromatic carbocycles. The number of rotatable bonds is 2. The van der Waals surface area contributed by atoms with Gasteiger partial charge in [0.25, 0.3) is 0 Å². The van der Waals surface area contributed by atoms with Gasteiger partial charge in [-0.2, -0.15) is 0 Å². The molecule has 0 aliphatic heterocycles. The summed E-state index contributed by atoms with van der Waals surface area (Å²) in [5.74, 6) is 5.41. The number of nitrogens with two attached hydrogens (primary N) is 1. The van der Waals surface area contributed by atoms with Gasteiger partial charge in [0.15, 0.2) is 0 Å². The van der Waals surface area contributed by atoms with Gasteiger partial charge in [-0.15, -0.1) is 5.92 Å². The first-order chi connectivity index (χ1) is 5.69. The number of amides is 1. The molecule has 3 N–H and O–H groups in total. The molecule has 0 bridgehead atoms. The van der Waals surface area contributed by atoms with Gasteiger partial charge in [-0.25, -0.2) is 0 Å². The van der Waals surface area contributed by atoms with Crippen molar-refractivity contribution in [3.8, 4) is 11.8 Å². The van der Waals surface area contributed by atoms with E-state index >= 15 is 0 Å². The van der Waals surface area contributed by atoms with Crippen LogP contribution in [-0.2, 0) is 4.79 Å². The van der Waals surface area contributed by atoms with Crippen molar-refractivity contribution >= 4 is 5.91 Å². The van der Waals surface area contributed by atoms with Gasteiger partial charge in [-0.05, 0) is 26.2 Å². The topological polar surface area (TPSA) is 55.1 Å². The van der Waals surface area contributed by atoms with E-state index < -0.39 is 5.54 Å². The van der Waals surface area contributed by atoms with E-state index in [1.807, 2.05) is 0 Å². The molecule has 1 amide bonds. The van der Waals surface area contributed by atoms with Crippen LogP contribution < -0.4 is 11.1 Å². The summed E-state index contributed by atoms with van der Waals surface area (Å²) in [5.41, 5.74) is 5.18. The van der Waals surface area contributed by atoms with Gasteiger partial charge in [-0.1, -0.05) is 5.92 Å². The average Bonchev–Trinajstić information content (AvgIpc) is 2.00. The highest BCUT2D eigenvalue weighted by molar-refractivity contribution is 5.87. The van der Waals surface area contributed by atoms with E-state index in [2.05, 4.69) is 17.2 Å². The summed E-state index contributed by atoms with van der Waals surface area (Å²) >= 11 is 0. The molecule has 0 radical (unpaired) electrons. The van der Waals surface area contributed by atoms with Gasteiger partial charge >= 0.3 is 0 Å². The number of carbonyl (C=O) groups is 1. The third-order valence-corrected chi connectivity index (χ3v) is 2.21. The van der Waals surface area contributed by atoms with Crippen LogP contribution in [0.1, 0.15) is 26.2 Å². The summed E-state index contributed by atoms with van der Waals surface area (Å²) in [6.45, 7) is 2.15. The summed E-state index contributed by atoms with van der Waals surface area (Å²) in [4.78, 5) is 11.3. The third-order valence-electron chi connectivity index (χ3n) is 2.21. The molecule has 1 aliphatic carbocycles. The smallest absolute Gasteiger partial charge is 0.240 e. The normalized spacial score (nSPS) is 18.5. The summed E-state index contributed by atoms with van der Waals surface area (Å²) in [5, 5.41) is 2.69. The highest BCUT2D eigenvalue weighted by Gasteiger charge is 2.39. The van der Waals surface area contributed by atoms with Crippen molar-refractivity contribution in [2.24, 2.45) is 5.73 Å². The maximum Gasteiger partial charge on any atom is 0.240 e. The number of hydrogen-bond donors (Lipinski definition) is 2. The zero-order chi connectivity index (χ0) is 9.03. The fourth-order valence-corrected chi connectivity index (χ4v) is 1.17. The molecule has 3 nitrogen and oxygen atoms in total. The number of hydrogen-bond acceptors (Lipinski definition) is 2. The van der Waals surface area contributed by atoms with Gasteiger partial charge in [-0.3, -0.25) is 4.79 Å². The van der Waals surface area contributed by atoms with Crippen LogP contribution in [0.3, 0.4) is 0 Å². The second-order valence-corrected chi connectivity index (χ2v) is 3.12. The van der Waals surface area contributed by atoms with Crippen LogP contribution in [0.15, 0.2) is 0 Å². The molecule has 12 heavy (non-hydrogen) atoms. The van der Waals surface area contributed by atoms with Crippen molar-refractivity contribution in [2.75, 3.05) is 6.54 Å². The summed E-state index contributed by atoms with van der Waals surface area (Å²) in [6, 6.07) is 0. The summed E-state index contributed by atoms with van der Waals surface area (Å²) in [6.07, 6.45) is 2.67. The number of nitrogens with one attached hydrogen (secondary N) is 1. The Morgan fingerprint density at radius 1 is 1.67 bits per heavy atom. The lowest BCUT2D eigenvalue weighted by Gasteiger charge is -2.35. The highest BCUT2D eigenvalue weighted by atomic mass is 16.2. The van der Waals surface area contributed by atoms with Crippen molar-refractivity contribution in [1.82, 2.24) is 5.32 Å². The SMILES string of the molecule is CC#CCNC(=O)C1(N)CCC1.